The summed E-state index contributed by atoms with van der Waals surface area (Å²) >= 11 is 0. The Hall–Kier alpha value is -0.163. The Morgan fingerprint density at radius 1 is 1.17 bits per heavy atom. The van der Waals surface area contributed by atoms with E-state index in [4.69, 9.17) is 0 Å². The average Bonchev–Trinajstić information content (AvgIpc) is 2.10. The van der Waals surface area contributed by atoms with Gasteiger partial charge in [0, 0.05) is 0 Å². The minimum Gasteiger partial charge on any atom is -0.269 e. The van der Waals surface area contributed by atoms with Crippen LogP contribution in [0.4, 0.5) is 0 Å². The molecule has 0 aromatic carbocycles. The van der Waals surface area contributed by atoms with E-state index in [9.17, 15) is 0 Å². The molecule has 0 bridgehead atoms. The quantitative estimate of drug-likeness (QED) is 0.180. The first kappa shape index (κ1) is 11.8. The first-order chi connectivity index (χ1) is 5.91. The first-order valence-corrected chi connectivity index (χ1v) is 5.16. The summed E-state index contributed by atoms with van der Waals surface area (Å²) in [5.74, 6) is 0. The van der Waals surface area contributed by atoms with Crippen molar-refractivity contribution in [2.24, 2.45) is 0 Å². The van der Waals surface area contributed by atoms with E-state index in [1.54, 1.807) is 0 Å². The highest BCUT2D eigenvalue weighted by Crippen LogP contribution is 2.03. The smallest absolute Gasteiger partial charge is 0.197 e. The zero-order chi connectivity index (χ0) is 9.07. The molecule has 0 aliphatic heterocycles. The van der Waals surface area contributed by atoms with Gasteiger partial charge >= 0.3 is 0 Å². The molecule has 4 heteroatoms. The molecule has 72 valence electrons. The molecule has 0 saturated carbocycles. The fourth-order valence-electron chi connectivity index (χ4n) is 0.885. The van der Waals surface area contributed by atoms with Gasteiger partial charge in [0.2, 0.25) is 0 Å². The SMILES string of the molecule is C=CCCCCCCOOO[SiH3]. The highest BCUT2D eigenvalue weighted by Gasteiger charge is 1.89. The van der Waals surface area contributed by atoms with Gasteiger partial charge in [-0.05, 0) is 19.3 Å². The molecule has 0 heterocycles. The normalized spacial score (nSPS) is 10.3. The molecule has 0 spiro atoms. The number of hydrogen-bond donors (Lipinski definition) is 0. The molecule has 12 heavy (non-hydrogen) atoms. The van der Waals surface area contributed by atoms with Crippen LogP contribution in [0, 0.1) is 0 Å². The van der Waals surface area contributed by atoms with Crippen molar-refractivity contribution in [1.29, 1.82) is 0 Å². The van der Waals surface area contributed by atoms with Crippen molar-refractivity contribution in [2.45, 2.75) is 32.1 Å². The third-order valence-electron chi connectivity index (χ3n) is 1.50. The molecule has 0 rings (SSSR count). The van der Waals surface area contributed by atoms with Crippen molar-refractivity contribution >= 4 is 10.5 Å². The lowest BCUT2D eigenvalue weighted by atomic mass is 10.1. The van der Waals surface area contributed by atoms with E-state index in [1.807, 2.05) is 6.08 Å². The summed E-state index contributed by atoms with van der Waals surface area (Å²) in [5, 5.41) is 4.31. The molecule has 0 aromatic rings. The molecule has 0 atom stereocenters. The van der Waals surface area contributed by atoms with Crippen LogP contribution in [-0.4, -0.2) is 17.1 Å². The van der Waals surface area contributed by atoms with Gasteiger partial charge in [0.15, 0.2) is 10.5 Å². The number of allylic oxidation sites excluding steroid dienone is 1. The lowest BCUT2D eigenvalue weighted by Gasteiger charge is -2.00. The van der Waals surface area contributed by atoms with Gasteiger partial charge in [-0.3, -0.25) is 4.58 Å². The summed E-state index contributed by atoms with van der Waals surface area (Å²) in [6, 6.07) is 0. The molecule has 0 aliphatic rings. The minimum absolute atomic E-state index is 0.551. The number of unbranched alkanes of at least 4 members (excludes halogenated alkanes) is 4. The van der Waals surface area contributed by atoms with Crippen LogP contribution in [0.2, 0.25) is 0 Å². The molecule has 0 fully saturated rings. The largest absolute Gasteiger partial charge is 0.269 e. The van der Waals surface area contributed by atoms with Crippen molar-refractivity contribution in [3.8, 4) is 0 Å². The van der Waals surface area contributed by atoms with Crippen LogP contribution in [0.3, 0.4) is 0 Å². The van der Waals surface area contributed by atoms with Gasteiger partial charge in [0.25, 0.3) is 0 Å². The summed E-state index contributed by atoms with van der Waals surface area (Å²) in [4.78, 5) is 4.68. The van der Waals surface area contributed by atoms with Crippen LogP contribution in [0.1, 0.15) is 32.1 Å². The molecule has 0 unspecified atom stereocenters. The number of hydrogen-bond acceptors (Lipinski definition) is 3. The Kier molecular flexibility index (Phi) is 10.7. The molecule has 3 nitrogen and oxygen atoms in total. The predicted molar refractivity (Wildman–Crippen MR) is 51.3 cm³/mol. The van der Waals surface area contributed by atoms with Crippen molar-refractivity contribution < 1.29 is 14.5 Å². The van der Waals surface area contributed by atoms with Crippen molar-refractivity contribution in [1.82, 2.24) is 0 Å². The van der Waals surface area contributed by atoms with Gasteiger partial charge in [0.1, 0.15) is 0 Å². The third kappa shape index (κ3) is 9.84. The highest BCUT2D eigenvalue weighted by molar-refractivity contribution is 5.97. The zero-order valence-electron chi connectivity index (χ0n) is 7.75. The average molecular weight is 190 g/mol. The topological polar surface area (TPSA) is 27.7 Å². The molecule has 0 radical (unpaired) electrons. The number of rotatable bonds is 9. The molecule has 0 aliphatic carbocycles. The van der Waals surface area contributed by atoms with Crippen molar-refractivity contribution in [3.05, 3.63) is 12.7 Å². The summed E-state index contributed by atoms with van der Waals surface area (Å²) in [6.07, 6.45) is 7.73. The maximum atomic E-state index is 4.68. The maximum Gasteiger partial charge on any atom is 0.197 e. The van der Waals surface area contributed by atoms with Gasteiger partial charge < -0.3 is 0 Å². The Bertz CT molecular complexity index is 98.3. The second-order valence-electron chi connectivity index (χ2n) is 2.55. The minimum atomic E-state index is 0.551. The Morgan fingerprint density at radius 2 is 1.92 bits per heavy atom. The van der Waals surface area contributed by atoms with Crippen molar-refractivity contribution in [3.63, 3.8) is 0 Å². The molecule has 0 saturated heterocycles. The monoisotopic (exact) mass is 190 g/mol. The summed E-state index contributed by atoms with van der Waals surface area (Å²) < 4.78 is 4.39. The van der Waals surface area contributed by atoms with Crippen molar-refractivity contribution in [2.75, 3.05) is 6.61 Å². The Morgan fingerprint density at radius 3 is 2.58 bits per heavy atom. The van der Waals surface area contributed by atoms with E-state index in [2.05, 4.69) is 21.1 Å². The highest BCUT2D eigenvalue weighted by atomic mass is 28.2. The standard InChI is InChI=1S/C8H18O3Si/c1-2-3-4-5-6-7-8-9-10-11-12/h2H,1,3-8H2,12H3. The Balaban J connectivity index is 2.77. The summed E-state index contributed by atoms with van der Waals surface area (Å²) in [7, 11) is 0.551. The van der Waals surface area contributed by atoms with E-state index >= 15 is 0 Å². The summed E-state index contributed by atoms with van der Waals surface area (Å²) in [5.41, 5.74) is 0. The van der Waals surface area contributed by atoms with Gasteiger partial charge in [0.05, 0.1) is 6.61 Å². The molecule has 0 aromatic heterocycles. The fraction of sp³-hybridized carbons (Fsp3) is 0.750. The van der Waals surface area contributed by atoms with E-state index < -0.39 is 0 Å². The van der Waals surface area contributed by atoms with Gasteiger partial charge in [-0.1, -0.05) is 24.0 Å². The maximum absolute atomic E-state index is 4.68. The third-order valence-corrected chi connectivity index (χ3v) is 1.64. The first-order valence-electron chi connectivity index (χ1n) is 4.35. The summed E-state index contributed by atoms with van der Waals surface area (Å²) in [6.45, 7) is 4.28. The van der Waals surface area contributed by atoms with E-state index in [0.717, 1.165) is 12.8 Å². The fourth-order valence-corrected chi connectivity index (χ4v) is 0.982. The molecule has 0 amide bonds. The second-order valence-corrected chi connectivity index (χ2v) is 2.88. The van der Waals surface area contributed by atoms with E-state index in [1.165, 1.54) is 19.3 Å². The second kappa shape index (κ2) is 10.8. The van der Waals surface area contributed by atoms with Gasteiger partial charge in [-0.15, -0.1) is 6.58 Å². The van der Waals surface area contributed by atoms with Gasteiger partial charge in [-0.2, -0.15) is 0 Å². The van der Waals surface area contributed by atoms with Crippen LogP contribution in [0.15, 0.2) is 12.7 Å². The van der Waals surface area contributed by atoms with Crippen LogP contribution in [0.25, 0.3) is 0 Å². The van der Waals surface area contributed by atoms with E-state index in [-0.39, 0.29) is 0 Å². The lowest BCUT2D eigenvalue weighted by molar-refractivity contribution is -0.467. The van der Waals surface area contributed by atoms with E-state index in [0.29, 0.717) is 17.1 Å². The van der Waals surface area contributed by atoms with Crippen LogP contribution >= 0.6 is 0 Å². The van der Waals surface area contributed by atoms with Crippen LogP contribution in [0.5, 0.6) is 0 Å². The van der Waals surface area contributed by atoms with Crippen LogP contribution in [-0.2, 0) is 14.5 Å². The van der Waals surface area contributed by atoms with Crippen LogP contribution < -0.4 is 0 Å². The molecular formula is C8H18O3Si. The predicted octanol–water partition coefficient (Wildman–Crippen LogP) is 1.28. The Labute approximate surface area is 77.1 Å². The molecule has 0 N–H and O–H groups in total. The molecular weight excluding hydrogens is 172 g/mol. The lowest BCUT2D eigenvalue weighted by Crippen LogP contribution is -1.96. The zero-order valence-corrected chi connectivity index (χ0v) is 9.75. The van der Waals surface area contributed by atoms with Gasteiger partial charge in [-0.25, -0.2) is 4.89 Å².